The zero-order valence-corrected chi connectivity index (χ0v) is 17.7. The van der Waals surface area contributed by atoms with Gasteiger partial charge in [0.05, 0.1) is 23.0 Å². The second-order valence-corrected chi connectivity index (χ2v) is 7.32. The van der Waals surface area contributed by atoms with E-state index < -0.39 is 5.97 Å². The number of carbonyl (C=O) groups is 2. The molecule has 4 aromatic rings. The van der Waals surface area contributed by atoms with Crippen molar-refractivity contribution in [1.82, 2.24) is 14.6 Å². The number of aryl methyl sites for hydroxylation is 1. The minimum absolute atomic E-state index is 0.237. The summed E-state index contributed by atoms with van der Waals surface area (Å²) in [4.78, 5) is 23.8. The first-order chi connectivity index (χ1) is 15.5. The molecule has 0 atom stereocenters. The molecule has 4 rings (SSSR count). The quantitative estimate of drug-likeness (QED) is 0.355. The van der Waals surface area contributed by atoms with Gasteiger partial charge in [0.2, 0.25) is 0 Å². The summed E-state index contributed by atoms with van der Waals surface area (Å²) < 4.78 is 3.89. The molecule has 1 amide bonds. The maximum Gasteiger partial charge on any atom is 0.335 e. The van der Waals surface area contributed by atoms with E-state index in [1.165, 1.54) is 0 Å². The van der Waals surface area contributed by atoms with Crippen LogP contribution in [0.5, 0.6) is 0 Å². The highest BCUT2D eigenvalue weighted by Gasteiger charge is 2.13. The number of amides is 1. The molecular weight excluding hydrogens is 404 g/mol. The van der Waals surface area contributed by atoms with Gasteiger partial charge in [-0.15, -0.1) is 0 Å². The molecule has 0 unspecified atom stereocenters. The predicted molar refractivity (Wildman–Crippen MR) is 123 cm³/mol. The second-order valence-electron chi connectivity index (χ2n) is 7.32. The fourth-order valence-corrected chi connectivity index (χ4v) is 3.68. The number of rotatable bonds is 6. The molecule has 0 aliphatic heterocycles. The third kappa shape index (κ3) is 4.09. The fraction of sp³-hybridized carbons (Fsp3) is 0.0800. The van der Waals surface area contributed by atoms with Crippen molar-refractivity contribution in [3.8, 4) is 11.4 Å². The van der Waals surface area contributed by atoms with Crippen molar-refractivity contribution in [3.05, 3.63) is 107 Å². The van der Waals surface area contributed by atoms with E-state index in [-0.39, 0.29) is 11.5 Å². The van der Waals surface area contributed by atoms with E-state index in [1.807, 2.05) is 71.8 Å². The number of carbonyl (C=O) groups excluding carboxylic acids is 1. The molecule has 0 aliphatic carbocycles. The summed E-state index contributed by atoms with van der Waals surface area (Å²) in [5, 5.41) is 13.3. The molecule has 7 heteroatoms. The van der Waals surface area contributed by atoms with Gasteiger partial charge in [0.25, 0.3) is 5.91 Å². The number of hydrazone groups is 1. The Morgan fingerprint density at radius 1 is 0.969 bits per heavy atom. The van der Waals surface area contributed by atoms with E-state index >= 15 is 0 Å². The van der Waals surface area contributed by atoms with Crippen LogP contribution in [0.2, 0.25) is 0 Å². The molecule has 160 valence electrons. The van der Waals surface area contributed by atoms with E-state index in [4.69, 9.17) is 5.11 Å². The highest BCUT2D eigenvalue weighted by molar-refractivity contribution is 5.98. The van der Waals surface area contributed by atoms with Crippen molar-refractivity contribution in [1.29, 1.82) is 0 Å². The lowest BCUT2D eigenvalue weighted by molar-refractivity contribution is 0.0696. The third-order valence-corrected chi connectivity index (χ3v) is 5.24. The molecule has 0 saturated heterocycles. The van der Waals surface area contributed by atoms with E-state index in [2.05, 4.69) is 10.5 Å². The molecule has 0 aliphatic rings. The van der Waals surface area contributed by atoms with Gasteiger partial charge in [0, 0.05) is 35.0 Å². The Labute approximate surface area is 185 Å². The van der Waals surface area contributed by atoms with Crippen LogP contribution in [0.25, 0.3) is 11.4 Å². The van der Waals surface area contributed by atoms with Crippen molar-refractivity contribution in [3.63, 3.8) is 0 Å². The summed E-state index contributed by atoms with van der Waals surface area (Å²) in [5.74, 6) is -1.26. The summed E-state index contributed by atoms with van der Waals surface area (Å²) in [5.41, 5.74) is 7.74. The number of hydrogen-bond donors (Lipinski definition) is 2. The van der Waals surface area contributed by atoms with Gasteiger partial charge in [-0.05, 0) is 68.4 Å². The molecule has 0 saturated carbocycles. The van der Waals surface area contributed by atoms with Crippen molar-refractivity contribution >= 4 is 18.1 Å². The van der Waals surface area contributed by atoms with Crippen LogP contribution in [0, 0.1) is 13.8 Å². The summed E-state index contributed by atoms with van der Waals surface area (Å²) in [6.07, 6.45) is 5.38. The van der Waals surface area contributed by atoms with Crippen LogP contribution in [0.1, 0.15) is 37.7 Å². The summed E-state index contributed by atoms with van der Waals surface area (Å²) in [6, 6.07) is 19.8. The Bertz CT molecular complexity index is 1300. The Hall–Kier alpha value is -4.39. The molecule has 7 nitrogen and oxygen atoms in total. The highest BCUT2D eigenvalue weighted by Crippen LogP contribution is 2.20. The standard InChI is InChI=1S/C25H22N4O3/c1-17-15-20(18(2)29(17)21-11-9-19(10-12-21)25(31)32)16-26-27-24(30)22-7-3-4-8-23(22)28-13-5-6-14-28/h3-16H,1-2H3,(H,27,30)(H,31,32)/b26-16+. The second kappa shape index (κ2) is 8.77. The fourth-order valence-electron chi connectivity index (χ4n) is 3.68. The van der Waals surface area contributed by atoms with Crippen molar-refractivity contribution < 1.29 is 14.7 Å². The molecule has 2 aromatic carbocycles. The van der Waals surface area contributed by atoms with E-state index in [0.717, 1.165) is 28.3 Å². The predicted octanol–water partition coefficient (Wildman–Crippen LogP) is 4.35. The van der Waals surface area contributed by atoms with Crippen molar-refractivity contribution in [2.24, 2.45) is 5.10 Å². The molecule has 0 radical (unpaired) electrons. The van der Waals surface area contributed by atoms with Gasteiger partial charge in [-0.25, -0.2) is 10.2 Å². The number of nitrogens with zero attached hydrogens (tertiary/aromatic N) is 3. The first-order valence-corrected chi connectivity index (χ1v) is 10.0. The third-order valence-electron chi connectivity index (χ3n) is 5.24. The normalized spacial score (nSPS) is 11.1. The smallest absolute Gasteiger partial charge is 0.335 e. The monoisotopic (exact) mass is 426 g/mol. The number of nitrogens with one attached hydrogen (secondary N) is 1. The van der Waals surface area contributed by atoms with Gasteiger partial charge in [0.15, 0.2) is 0 Å². The molecule has 2 N–H and O–H groups in total. The van der Waals surface area contributed by atoms with Crippen LogP contribution in [-0.2, 0) is 0 Å². The minimum Gasteiger partial charge on any atom is -0.478 e. The molecule has 2 aromatic heterocycles. The van der Waals surface area contributed by atoms with Gasteiger partial charge in [-0.1, -0.05) is 12.1 Å². The van der Waals surface area contributed by atoms with Crippen LogP contribution in [-0.4, -0.2) is 32.3 Å². The Morgan fingerprint density at radius 3 is 2.34 bits per heavy atom. The van der Waals surface area contributed by atoms with Gasteiger partial charge >= 0.3 is 5.97 Å². The summed E-state index contributed by atoms with van der Waals surface area (Å²) in [6.45, 7) is 3.91. The molecule has 2 heterocycles. The highest BCUT2D eigenvalue weighted by atomic mass is 16.4. The SMILES string of the molecule is Cc1cc(/C=N/NC(=O)c2ccccc2-n2cccc2)c(C)n1-c1ccc(C(=O)O)cc1. The van der Waals surface area contributed by atoms with E-state index in [9.17, 15) is 9.59 Å². The van der Waals surface area contributed by atoms with Gasteiger partial charge in [-0.2, -0.15) is 5.10 Å². The van der Waals surface area contributed by atoms with Crippen LogP contribution < -0.4 is 5.43 Å². The van der Waals surface area contributed by atoms with Gasteiger partial charge < -0.3 is 14.2 Å². The topological polar surface area (TPSA) is 88.6 Å². The van der Waals surface area contributed by atoms with Crippen LogP contribution in [0.15, 0.2) is 84.2 Å². The Balaban J connectivity index is 1.53. The lowest BCUT2D eigenvalue weighted by Gasteiger charge is -2.10. The number of hydrogen-bond acceptors (Lipinski definition) is 3. The zero-order valence-electron chi connectivity index (χ0n) is 17.7. The molecule has 0 bridgehead atoms. The minimum atomic E-state index is -0.959. The molecule has 0 fully saturated rings. The maximum atomic E-state index is 12.7. The largest absolute Gasteiger partial charge is 0.478 e. The Morgan fingerprint density at radius 2 is 1.66 bits per heavy atom. The van der Waals surface area contributed by atoms with Crippen molar-refractivity contribution in [2.45, 2.75) is 13.8 Å². The van der Waals surface area contributed by atoms with E-state index in [0.29, 0.717) is 5.56 Å². The first kappa shape index (κ1) is 20.9. The maximum absolute atomic E-state index is 12.7. The van der Waals surface area contributed by atoms with Crippen LogP contribution in [0.4, 0.5) is 0 Å². The Kier molecular flexibility index (Phi) is 5.72. The summed E-state index contributed by atoms with van der Waals surface area (Å²) in [7, 11) is 0. The molecular formula is C25H22N4O3. The molecule has 0 spiro atoms. The molecule has 32 heavy (non-hydrogen) atoms. The number of para-hydroxylation sites is 1. The zero-order chi connectivity index (χ0) is 22.7. The van der Waals surface area contributed by atoms with E-state index in [1.54, 1.807) is 36.5 Å². The number of carboxylic acid groups (broad SMARTS) is 1. The summed E-state index contributed by atoms with van der Waals surface area (Å²) >= 11 is 0. The lowest BCUT2D eigenvalue weighted by Crippen LogP contribution is -2.19. The number of aromatic nitrogens is 2. The average molecular weight is 426 g/mol. The number of aromatic carboxylic acids is 1. The number of carboxylic acids is 1. The van der Waals surface area contributed by atoms with Gasteiger partial charge in [0.1, 0.15) is 0 Å². The lowest BCUT2D eigenvalue weighted by atomic mass is 10.1. The van der Waals surface area contributed by atoms with Gasteiger partial charge in [-0.3, -0.25) is 4.79 Å². The first-order valence-electron chi connectivity index (χ1n) is 10.0. The average Bonchev–Trinajstić information content (AvgIpc) is 3.42. The van der Waals surface area contributed by atoms with Crippen LogP contribution in [0.3, 0.4) is 0 Å². The number of benzene rings is 2. The van der Waals surface area contributed by atoms with Crippen molar-refractivity contribution in [2.75, 3.05) is 0 Å². The van der Waals surface area contributed by atoms with Crippen LogP contribution >= 0.6 is 0 Å².